The Bertz CT molecular complexity index is 351. The first-order chi connectivity index (χ1) is 8.42. The molecule has 2 heterocycles. The average molecular weight is 232 g/mol. The molecule has 0 saturated carbocycles. The van der Waals surface area contributed by atoms with Crippen molar-refractivity contribution >= 4 is 5.69 Å². The number of hydrogen-bond acceptors (Lipinski definition) is 3. The molecular weight excluding hydrogens is 212 g/mol. The summed E-state index contributed by atoms with van der Waals surface area (Å²) in [5, 5.41) is 3.32. The molecule has 1 unspecified atom stereocenters. The molecule has 0 aliphatic carbocycles. The lowest BCUT2D eigenvalue weighted by atomic mass is 10.2. The normalized spacial score (nSPS) is 24.2. The van der Waals surface area contributed by atoms with Gasteiger partial charge < -0.3 is 15.0 Å². The van der Waals surface area contributed by atoms with E-state index in [1.807, 2.05) is 0 Å². The van der Waals surface area contributed by atoms with Gasteiger partial charge in [-0.25, -0.2) is 0 Å². The zero-order valence-electron chi connectivity index (χ0n) is 10.2. The van der Waals surface area contributed by atoms with Gasteiger partial charge in [-0.1, -0.05) is 0 Å². The Labute approximate surface area is 103 Å². The van der Waals surface area contributed by atoms with Crippen molar-refractivity contribution in [3.05, 3.63) is 24.3 Å². The van der Waals surface area contributed by atoms with Crippen molar-refractivity contribution in [2.75, 3.05) is 31.1 Å². The van der Waals surface area contributed by atoms with Gasteiger partial charge in [0.15, 0.2) is 0 Å². The third kappa shape index (κ3) is 2.55. The maximum atomic E-state index is 5.91. The van der Waals surface area contributed by atoms with Crippen LogP contribution in [0.2, 0.25) is 0 Å². The van der Waals surface area contributed by atoms with Crippen LogP contribution < -0.4 is 15.0 Å². The number of rotatable bonds is 3. The van der Waals surface area contributed by atoms with Gasteiger partial charge in [0, 0.05) is 25.3 Å². The molecule has 0 spiro atoms. The molecule has 2 fully saturated rings. The van der Waals surface area contributed by atoms with Crippen LogP contribution in [0.4, 0.5) is 5.69 Å². The molecule has 92 valence electrons. The van der Waals surface area contributed by atoms with Crippen LogP contribution in [0.5, 0.6) is 5.75 Å². The smallest absolute Gasteiger partial charge is 0.119 e. The summed E-state index contributed by atoms with van der Waals surface area (Å²) in [6, 6.07) is 8.57. The Hall–Kier alpha value is -1.22. The maximum Gasteiger partial charge on any atom is 0.119 e. The van der Waals surface area contributed by atoms with Gasteiger partial charge in [0.05, 0.1) is 0 Å². The molecule has 3 nitrogen and oxygen atoms in total. The van der Waals surface area contributed by atoms with E-state index in [0.29, 0.717) is 6.10 Å². The quantitative estimate of drug-likeness (QED) is 0.863. The van der Waals surface area contributed by atoms with E-state index in [9.17, 15) is 0 Å². The van der Waals surface area contributed by atoms with Crippen LogP contribution in [-0.2, 0) is 0 Å². The van der Waals surface area contributed by atoms with Crippen LogP contribution >= 0.6 is 0 Å². The van der Waals surface area contributed by atoms with Crippen LogP contribution in [-0.4, -0.2) is 32.3 Å². The highest BCUT2D eigenvalue weighted by Crippen LogP contribution is 2.24. The molecule has 1 aromatic carbocycles. The second kappa shape index (κ2) is 4.96. The molecule has 2 saturated heterocycles. The average Bonchev–Trinajstić information content (AvgIpc) is 3.01. The SMILES string of the molecule is c1cc(N2CCCC2)ccc1OC1CCNC1. The Morgan fingerprint density at radius 2 is 1.88 bits per heavy atom. The second-order valence-corrected chi connectivity index (χ2v) is 4.92. The van der Waals surface area contributed by atoms with E-state index < -0.39 is 0 Å². The van der Waals surface area contributed by atoms with Crippen LogP contribution in [0.25, 0.3) is 0 Å². The van der Waals surface area contributed by atoms with Crippen molar-refractivity contribution in [2.24, 2.45) is 0 Å². The second-order valence-electron chi connectivity index (χ2n) is 4.92. The number of benzene rings is 1. The lowest BCUT2D eigenvalue weighted by Gasteiger charge is -2.18. The Balaban J connectivity index is 1.62. The monoisotopic (exact) mass is 232 g/mol. The molecule has 1 aromatic rings. The minimum absolute atomic E-state index is 0.354. The summed E-state index contributed by atoms with van der Waals surface area (Å²) < 4.78 is 5.91. The van der Waals surface area contributed by atoms with E-state index in [0.717, 1.165) is 25.3 Å². The summed E-state index contributed by atoms with van der Waals surface area (Å²) >= 11 is 0. The largest absolute Gasteiger partial charge is 0.489 e. The van der Waals surface area contributed by atoms with Gasteiger partial charge in [-0.15, -0.1) is 0 Å². The molecule has 0 bridgehead atoms. The van der Waals surface area contributed by atoms with Crippen molar-refractivity contribution in [1.29, 1.82) is 0 Å². The zero-order valence-corrected chi connectivity index (χ0v) is 10.2. The number of ether oxygens (including phenoxy) is 1. The molecule has 1 N–H and O–H groups in total. The number of anilines is 1. The molecule has 1 atom stereocenters. The summed E-state index contributed by atoms with van der Waals surface area (Å²) in [7, 11) is 0. The van der Waals surface area contributed by atoms with Gasteiger partial charge >= 0.3 is 0 Å². The summed E-state index contributed by atoms with van der Waals surface area (Å²) in [6.45, 7) is 4.46. The van der Waals surface area contributed by atoms with E-state index in [4.69, 9.17) is 4.74 Å². The lowest BCUT2D eigenvalue weighted by molar-refractivity contribution is 0.223. The number of nitrogens with zero attached hydrogens (tertiary/aromatic N) is 1. The maximum absolute atomic E-state index is 5.91. The molecule has 0 radical (unpaired) electrons. The number of hydrogen-bond donors (Lipinski definition) is 1. The van der Waals surface area contributed by atoms with E-state index >= 15 is 0 Å². The van der Waals surface area contributed by atoms with Crippen molar-refractivity contribution in [2.45, 2.75) is 25.4 Å². The highest BCUT2D eigenvalue weighted by Gasteiger charge is 2.16. The number of nitrogens with one attached hydrogen (secondary N) is 1. The highest BCUT2D eigenvalue weighted by atomic mass is 16.5. The molecular formula is C14H20N2O. The predicted octanol–water partition coefficient (Wildman–Crippen LogP) is 2.03. The van der Waals surface area contributed by atoms with Crippen molar-refractivity contribution < 1.29 is 4.74 Å². The molecule has 3 heteroatoms. The van der Waals surface area contributed by atoms with Gasteiger partial charge in [0.2, 0.25) is 0 Å². The van der Waals surface area contributed by atoms with Crippen LogP contribution in [0.15, 0.2) is 24.3 Å². The van der Waals surface area contributed by atoms with Gasteiger partial charge in [0.1, 0.15) is 11.9 Å². The lowest BCUT2D eigenvalue weighted by Crippen LogP contribution is -2.20. The molecule has 0 amide bonds. The fourth-order valence-corrected chi connectivity index (χ4v) is 2.63. The van der Waals surface area contributed by atoms with Crippen LogP contribution in [0.1, 0.15) is 19.3 Å². The fourth-order valence-electron chi connectivity index (χ4n) is 2.63. The van der Waals surface area contributed by atoms with Gasteiger partial charge in [0.25, 0.3) is 0 Å². The minimum Gasteiger partial charge on any atom is -0.489 e. The van der Waals surface area contributed by atoms with Gasteiger partial charge in [-0.05, 0) is 50.1 Å². The van der Waals surface area contributed by atoms with Crippen LogP contribution in [0.3, 0.4) is 0 Å². The Kier molecular flexibility index (Phi) is 3.18. The molecule has 2 aliphatic heterocycles. The summed E-state index contributed by atoms with van der Waals surface area (Å²) in [4.78, 5) is 2.45. The fraction of sp³-hybridized carbons (Fsp3) is 0.571. The minimum atomic E-state index is 0.354. The van der Waals surface area contributed by atoms with E-state index in [-0.39, 0.29) is 0 Å². The van der Waals surface area contributed by atoms with Gasteiger partial charge in [-0.2, -0.15) is 0 Å². The van der Waals surface area contributed by atoms with E-state index in [1.165, 1.54) is 31.6 Å². The molecule has 3 rings (SSSR count). The Morgan fingerprint density at radius 3 is 2.53 bits per heavy atom. The van der Waals surface area contributed by atoms with Crippen molar-refractivity contribution in [3.63, 3.8) is 0 Å². The third-order valence-electron chi connectivity index (χ3n) is 3.63. The Morgan fingerprint density at radius 1 is 1.12 bits per heavy atom. The first-order valence-corrected chi connectivity index (χ1v) is 6.64. The topological polar surface area (TPSA) is 24.5 Å². The first kappa shape index (κ1) is 10.9. The predicted molar refractivity (Wildman–Crippen MR) is 69.8 cm³/mol. The van der Waals surface area contributed by atoms with E-state index in [2.05, 4.69) is 34.5 Å². The standard InChI is InChI=1S/C14H20N2O/c1-2-10-16(9-1)12-3-5-13(6-4-12)17-14-7-8-15-11-14/h3-6,14-15H,1-2,7-11H2. The summed E-state index contributed by atoms with van der Waals surface area (Å²) in [5.74, 6) is 1.00. The molecule has 17 heavy (non-hydrogen) atoms. The highest BCUT2D eigenvalue weighted by molar-refractivity contribution is 5.49. The van der Waals surface area contributed by atoms with E-state index in [1.54, 1.807) is 0 Å². The van der Waals surface area contributed by atoms with Crippen molar-refractivity contribution in [1.82, 2.24) is 5.32 Å². The summed E-state index contributed by atoms with van der Waals surface area (Å²) in [6.07, 6.45) is 4.12. The third-order valence-corrected chi connectivity index (χ3v) is 3.63. The first-order valence-electron chi connectivity index (χ1n) is 6.64. The molecule has 0 aromatic heterocycles. The summed E-state index contributed by atoms with van der Waals surface area (Å²) in [5.41, 5.74) is 1.33. The van der Waals surface area contributed by atoms with Crippen LogP contribution in [0, 0.1) is 0 Å². The van der Waals surface area contributed by atoms with Crippen molar-refractivity contribution in [3.8, 4) is 5.75 Å². The molecule has 2 aliphatic rings. The zero-order chi connectivity index (χ0) is 11.5. The van der Waals surface area contributed by atoms with Gasteiger partial charge in [-0.3, -0.25) is 0 Å².